The summed E-state index contributed by atoms with van der Waals surface area (Å²) < 4.78 is 11.0. The molecule has 5 nitrogen and oxygen atoms in total. The van der Waals surface area contributed by atoms with E-state index < -0.39 is 0 Å². The van der Waals surface area contributed by atoms with Crippen LogP contribution in [-0.4, -0.2) is 54.6 Å². The Balaban J connectivity index is 1.47. The summed E-state index contributed by atoms with van der Waals surface area (Å²) in [5.74, 6) is 1.30. The van der Waals surface area contributed by atoms with Crippen molar-refractivity contribution < 1.29 is 9.53 Å². The van der Waals surface area contributed by atoms with Gasteiger partial charge in [0, 0.05) is 31.6 Å². The van der Waals surface area contributed by atoms with Crippen LogP contribution in [0, 0.1) is 5.41 Å². The van der Waals surface area contributed by atoms with Gasteiger partial charge in [-0.05, 0) is 30.6 Å². The van der Waals surface area contributed by atoms with Crippen LogP contribution in [0.25, 0.3) is 10.1 Å². The van der Waals surface area contributed by atoms with Gasteiger partial charge in [0.15, 0.2) is 0 Å². The molecule has 2 aliphatic rings. The summed E-state index contributed by atoms with van der Waals surface area (Å²) in [5, 5.41) is 1.21. The highest BCUT2D eigenvalue weighted by Gasteiger charge is 2.44. The van der Waals surface area contributed by atoms with Crippen molar-refractivity contribution in [1.29, 1.82) is 0 Å². The fraction of sp³-hybridized carbons (Fsp3) is 0.500. The summed E-state index contributed by atoms with van der Waals surface area (Å²) in [4.78, 5) is 16.8. The Morgan fingerprint density at radius 1 is 1.23 bits per heavy atom. The van der Waals surface area contributed by atoms with Crippen LogP contribution in [0.5, 0.6) is 0 Å². The van der Waals surface area contributed by atoms with Crippen molar-refractivity contribution in [2.24, 2.45) is 5.41 Å². The van der Waals surface area contributed by atoms with Gasteiger partial charge in [-0.2, -0.15) is 4.37 Å². The fourth-order valence-electron chi connectivity index (χ4n) is 3.14. The minimum atomic E-state index is -0.296. The van der Waals surface area contributed by atoms with E-state index in [1.54, 1.807) is 11.5 Å². The Labute approximate surface area is 133 Å². The van der Waals surface area contributed by atoms with Crippen LogP contribution in [-0.2, 0) is 9.53 Å². The summed E-state index contributed by atoms with van der Waals surface area (Å²) in [7, 11) is 0. The Bertz CT molecular complexity index is 702. The summed E-state index contributed by atoms with van der Waals surface area (Å²) in [6, 6.07) is 8.33. The highest BCUT2D eigenvalue weighted by Crippen LogP contribution is 2.32. The molecule has 2 aliphatic heterocycles. The van der Waals surface area contributed by atoms with E-state index in [0.717, 1.165) is 32.0 Å². The molecule has 22 heavy (non-hydrogen) atoms. The summed E-state index contributed by atoms with van der Waals surface area (Å²) in [6.45, 7) is 6.33. The van der Waals surface area contributed by atoms with Crippen LogP contribution in [0.3, 0.4) is 0 Å². The van der Waals surface area contributed by atoms with Crippen molar-refractivity contribution in [3.8, 4) is 0 Å². The van der Waals surface area contributed by atoms with Gasteiger partial charge in [0.25, 0.3) is 0 Å². The molecule has 0 atom stereocenters. The van der Waals surface area contributed by atoms with Gasteiger partial charge in [0.05, 0.1) is 23.3 Å². The first kappa shape index (κ1) is 14.0. The average molecular weight is 317 g/mol. The van der Waals surface area contributed by atoms with E-state index in [1.807, 2.05) is 17.9 Å². The maximum Gasteiger partial charge on any atom is 0.233 e. The Hall–Kier alpha value is -1.66. The molecule has 0 unspecified atom stereocenters. The number of carbonyl (C=O) groups excluding carboxylic acids is 1. The molecule has 4 rings (SSSR count). The Morgan fingerprint density at radius 3 is 2.64 bits per heavy atom. The summed E-state index contributed by atoms with van der Waals surface area (Å²) in [5.41, 5.74) is -0.296. The molecule has 1 amide bonds. The molecular formula is C16H19N3O2S. The standard InChI is InChI=1S/C16H19N3O2S/c1-16(10-21-11-16)15(20)19-8-6-18(7-9-19)14-12-4-2-3-5-13(12)22-17-14/h2-5H,6-11H2,1H3. The van der Waals surface area contributed by atoms with Gasteiger partial charge in [-0.25, -0.2) is 0 Å². The van der Waals surface area contributed by atoms with E-state index in [1.165, 1.54) is 10.1 Å². The predicted molar refractivity (Wildman–Crippen MR) is 87.3 cm³/mol. The first-order chi connectivity index (χ1) is 10.7. The first-order valence-electron chi connectivity index (χ1n) is 7.64. The monoisotopic (exact) mass is 317 g/mol. The third-order valence-electron chi connectivity index (χ3n) is 4.58. The minimum Gasteiger partial charge on any atom is -0.379 e. The maximum atomic E-state index is 12.5. The molecule has 0 spiro atoms. The van der Waals surface area contributed by atoms with Gasteiger partial charge in [0.1, 0.15) is 5.82 Å². The number of benzene rings is 1. The number of carbonyl (C=O) groups is 1. The number of amides is 1. The number of aromatic nitrogens is 1. The largest absolute Gasteiger partial charge is 0.379 e. The molecule has 0 radical (unpaired) electrons. The molecule has 2 aromatic rings. The zero-order chi connectivity index (χ0) is 15.2. The second-order valence-electron chi connectivity index (χ2n) is 6.34. The molecule has 2 saturated heterocycles. The maximum absolute atomic E-state index is 12.5. The van der Waals surface area contributed by atoms with Crippen molar-refractivity contribution in [3.05, 3.63) is 24.3 Å². The van der Waals surface area contributed by atoms with Gasteiger partial charge in [-0.1, -0.05) is 12.1 Å². The number of ether oxygens (including phenoxy) is 1. The van der Waals surface area contributed by atoms with E-state index in [-0.39, 0.29) is 11.3 Å². The van der Waals surface area contributed by atoms with E-state index in [9.17, 15) is 4.79 Å². The van der Waals surface area contributed by atoms with E-state index in [2.05, 4.69) is 27.5 Å². The Morgan fingerprint density at radius 2 is 1.95 bits per heavy atom. The van der Waals surface area contributed by atoms with Crippen LogP contribution >= 0.6 is 11.5 Å². The second-order valence-corrected chi connectivity index (χ2v) is 7.14. The molecule has 0 saturated carbocycles. The number of nitrogens with zero attached hydrogens (tertiary/aromatic N) is 3. The van der Waals surface area contributed by atoms with Crippen LogP contribution < -0.4 is 4.90 Å². The van der Waals surface area contributed by atoms with E-state index in [0.29, 0.717) is 13.2 Å². The van der Waals surface area contributed by atoms with Crippen LogP contribution in [0.2, 0.25) is 0 Å². The fourth-order valence-corrected chi connectivity index (χ4v) is 3.93. The van der Waals surface area contributed by atoms with Crippen molar-refractivity contribution in [2.75, 3.05) is 44.3 Å². The van der Waals surface area contributed by atoms with Gasteiger partial charge in [-0.15, -0.1) is 0 Å². The number of hydrogen-bond acceptors (Lipinski definition) is 5. The van der Waals surface area contributed by atoms with Gasteiger partial charge < -0.3 is 14.5 Å². The van der Waals surface area contributed by atoms with Gasteiger partial charge in [-0.3, -0.25) is 4.79 Å². The average Bonchev–Trinajstić information content (AvgIpc) is 2.96. The summed E-state index contributed by atoms with van der Waals surface area (Å²) >= 11 is 1.54. The van der Waals surface area contributed by atoms with Crippen LogP contribution in [0.15, 0.2) is 24.3 Å². The number of hydrogen-bond donors (Lipinski definition) is 0. The zero-order valence-electron chi connectivity index (χ0n) is 12.6. The van der Waals surface area contributed by atoms with Gasteiger partial charge in [0.2, 0.25) is 5.91 Å². The second kappa shape index (κ2) is 5.21. The molecule has 6 heteroatoms. The molecule has 3 heterocycles. The molecule has 1 aromatic carbocycles. The summed E-state index contributed by atoms with van der Waals surface area (Å²) in [6.07, 6.45) is 0. The lowest BCUT2D eigenvalue weighted by atomic mass is 9.86. The quantitative estimate of drug-likeness (QED) is 0.850. The number of anilines is 1. The lowest BCUT2D eigenvalue weighted by Crippen LogP contribution is -2.58. The predicted octanol–water partition coefficient (Wildman–Crippen LogP) is 1.98. The third kappa shape index (κ3) is 2.18. The van der Waals surface area contributed by atoms with Crippen molar-refractivity contribution in [2.45, 2.75) is 6.92 Å². The molecule has 116 valence electrons. The van der Waals surface area contributed by atoms with Crippen molar-refractivity contribution in [1.82, 2.24) is 9.27 Å². The lowest BCUT2D eigenvalue weighted by Gasteiger charge is -2.43. The molecule has 0 N–H and O–H groups in total. The molecule has 0 aliphatic carbocycles. The molecule has 2 fully saturated rings. The minimum absolute atomic E-state index is 0.238. The van der Waals surface area contributed by atoms with Crippen LogP contribution in [0.1, 0.15) is 6.92 Å². The normalized spacial score (nSPS) is 21.0. The van der Waals surface area contributed by atoms with Gasteiger partial charge >= 0.3 is 0 Å². The molecule has 1 aromatic heterocycles. The topological polar surface area (TPSA) is 45.7 Å². The highest BCUT2D eigenvalue weighted by atomic mass is 32.1. The van der Waals surface area contributed by atoms with Crippen molar-refractivity contribution in [3.63, 3.8) is 0 Å². The van der Waals surface area contributed by atoms with Crippen molar-refractivity contribution >= 4 is 33.3 Å². The van der Waals surface area contributed by atoms with E-state index in [4.69, 9.17) is 4.74 Å². The number of fused-ring (bicyclic) bond motifs is 1. The zero-order valence-corrected chi connectivity index (χ0v) is 13.4. The SMILES string of the molecule is CC1(C(=O)N2CCN(c3nsc4ccccc34)CC2)COC1. The lowest BCUT2D eigenvalue weighted by molar-refractivity contribution is -0.169. The first-order valence-corrected chi connectivity index (χ1v) is 8.41. The Kier molecular flexibility index (Phi) is 3.31. The van der Waals surface area contributed by atoms with Crippen LogP contribution in [0.4, 0.5) is 5.82 Å². The van der Waals surface area contributed by atoms with E-state index >= 15 is 0 Å². The molecular weight excluding hydrogens is 298 g/mol. The number of piperazine rings is 1. The third-order valence-corrected chi connectivity index (χ3v) is 5.40. The highest BCUT2D eigenvalue weighted by molar-refractivity contribution is 7.13. The number of rotatable bonds is 2. The molecule has 0 bridgehead atoms. The smallest absolute Gasteiger partial charge is 0.233 e.